The number of hydrogen-bond acceptors (Lipinski definition) is 5. The molecular formula is C15H13FN4S. The maximum Gasteiger partial charge on any atom is 0.190 e. The molecule has 6 heteroatoms. The van der Waals surface area contributed by atoms with Crippen LogP contribution in [-0.2, 0) is 5.75 Å². The van der Waals surface area contributed by atoms with Crippen LogP contribution < -0.4 is 5.73 Å². The highest BCUT2D eigenvalue weighted by molar-refractivity contribution is 7.98. The highest BCUT2D eigenvalue weighted by atomic mass is 32.2. The van der Waals surface area contributed by atoms with Crippen molar-refractivity contribution in [3.05, 3.63) is 53.6 Å². The van der Waals surface area contributed by atoms with Gasteiger partial charge < -0.3 is 5.73 Å². The Bertz CT molecular complexity index is 787. The quantitative estimate of drug-likeness (QED) is 0.593. The van der Waals surface area contributed by atoms with E-state index in [1.54, 1.807) is 18.3 Å². The molecule has 0 fully saturated rings. The van der Waals surface area contributed by atoms with E-state index in [-0.39, 0.29) is 5.82 Å². The first-order valence-electron chi connectivity index (χ1n) is 6.39. The van der Waals surface area contributed by atoms with Gasteiger partial charge in [0.2, 0.25) is 0 Å². The molecule has 2 aromatic heterocycles. The first-order valence-corrected chi connectivity index (χ1v) is 7.37. The second-order valence-corrected chi connectivity index (χ2v) is 5.59. The molecule has 0 aliphatic heterocycles. The lowest BCUT2D eigenvalue weighted by molar-refractivity contribution is 0.628. The molecule has 0 spiro atoms. The average Bonchev–Trinajstić information content (AvgIpc) is 2.43. The zero-order chi connectivity index (χ0) is 14.8. The standard InChI is InChI=1S/C15H13FN4S/c1-9-5-13(17)20-15(19-9)21-8-11-7-12(16)6-10-3-2-4-18-14(10)11/h2-7H,8H2,1H3,(H2,17,19,20). The van der Waals surface area contributed by atoms with Gasteiger partial charge in [-0.3, -0.25) is 4.98 Å². The Kier molecular flexibility index (Phi) is 3.70. The highest BCUT2D eigenvalue weighted by Crippen LogP contribution is 2.26. The molecule has 21 heavy (non-hydrogen) atoms. The number of nitrogens with zero attached hydrogens (tertiary/aromatic N) is 3. The van der Waals surface area contributed by atoms with Crippen molar-refractivity contribution < 1.29 is 4.39 Å². The van der Waals surface area contributed by atoms with Gasteiger partial charge in [0, 0.05) is 29.1 Å². The van der Waals surface area contributed by atoms with Crippen LogP contribution in [-0.4, -0.2) is 15.0 Å². The number of nitrogens with two attached hydrogens (primary N) is 1. The summed E-state index contributed by atoms with van der Waals surface area (Å²) < 4.78 is 13.7. The minimum Gasteiger partial charge on any atom is -0.384 e. The van der Waals surface area contributed by atoms with Gasteiger partial charge in [0.1, 0.15) is 11.6 Å². The minimum atomic E-state index is -0.268. The average molecular weight is 300 g/mol. The summed E-state index contributed by atoms with van der Waals surface area (Å²) in [6.07, 6.45) is 1.70. The minimum absolute atomic E-state index is 0.268. The SMILES string of the molecule is Cc1cc(N)nc(SCc2cc(F)cc3cccnc23)n1. The van der Waals surface area contributed by atoms with Crippen molar-refractivity contribution in [1.82, 2.24) is 15.0 Å². The van der Waals surface area contributed by atoms with E-state index in [1.165, 1.54) is 23.9 Å². The van der Waals surface area contributed by atoms with Crippen molar-refractivity contribution in [3.63, 3.8) is 0 Å². The van der Waals surface area contributed by atoms with Gasteiger partial charge >= 0.3 is 0 Å². The van der Waals surface area contributed by atoms with Gasteiger partial charge in [0.05, 0.1) is 5.52 Å². The normalized spacial score (nSPS) is 11.0. The maximum absolute atomic E-state index is 13.7. The third-order valence-electron chi connectivity index (χ3n) is 2.96. The smallest absolute Gasteiger partial charge is 0.190 e. The Morgan fingerprint density at radius 2 is 2.10 bits per heavy atom. The monoisotopic (exact) mass is 300 g/mol. The zero-order valence-electron chi connectivity index (χ0n) is 11.4. The fourth-order valence-corrected chi connectivity index (χ4v) is 2.99. The van der Waals surface area contributed by atoms with Gasteiger partial charge in [-0.25, -0.2) is 14.4 Å². The van der Waals surface area contributed by atoms with Crippen molar-refractivity contribution in [1.29, 1.82) is 0 Å². The number of thioether (sulfide) groups is 1. The first-order chi connectivity index (χ1) is 10.1. The summed E-state index contributed by atoms with van der Waals surface area (Å²) >= 11 is 1.42. The predicted molar refractivity (Wildman–Crippen MR) is 82.4 cm³/mol. The second kappa shape index (κ2) is 5.65. The van der Waals surface area contributed by atoms with Crippen molar-refractivity contribution in [3.8, 4) is 0 Å². The molecule has 0 radical (unpaired) electrons. The number of halogens is 1. The third-order valence-corrected chi connectivity index (χ3v) is 3.85. The van der Waals surface area contributed by atoms with Crippen LogP contribution in [0.15, 0.2) is 41.7 Å². The number of fused-ring (bicyclic) bond motifs is 1. The fraction of sp³-hybridized carbons (Fsp3) is 0.133. The van der Waals surface area contributed by atoms with Crippen LogP contribution in [0, 0.1) is 12.7 Å². The summed E-state index contributed by atoms with van der Waals surface area (Å²) in [6, 6.07) is 8.34. The third kappa shape index (κ3) is 3.11. The fourth-order valence-electron chi connectivity index (χ4n) is 2.11. The Morgan fingerprint density at radius 1 is 1.24 bits per heavy atom. The summed E-state index contributed by atoms with van der Waals surface area (Å²) in [5.74, 6) is 0.705. The molecule has 3 aromatic rings. The van der Waals surface area contributed by atoms with E-state index in [2.05, 4.69) is 15.0 Å². The van der Waals surface area contributed by atoms with E-state index in [1.807, 2.05) is 13.0 Å². The summed E-state index contributed by atoms with van der Waals surface area (Å²) in [6.45, 7) is 1.86. The molecule has 4 nitrogen and oxygen atoms in total. The van der Waals surface area contributed by atoms with Gasteiger partial charge in [-0.15, -0.1) is 0 Å². The Balaban J connectivity index is 1.91. The second-order valence-electron chi connectivity index (χ2n) is 4.65. The summed E-state index contributed by atoms with van der Waals surface area (Å²) in [7, 11) is 0. The molecule has 0 saturated heterocycles. The van der Waals surface area contributed by atoms with Crippen LogP contribution in [0.25, 0.3) is 10.9 Å². The summed E-state index contributed by atoms with van der Waals surface area (Å²) in [5.41, 5.74) is 8.14. The number of nitrogen functional groups attached to an aromatic ring is 1. The van der Waals surface area contributed by atoms with Gasteiger partial charge in [-0.1, -0.05) is 17.8 Å². The maximum atomic E-state index is 13.7. The Hall–Kier alpha value is -2.21. The van der Waals surface area contributed by atoms with Crippen LogP contribution in [0.4, 0.5) is 10.2 Å². The van der Waals surface area contributed by atoms with Gasteiger partial charge in [0.15, 0.2) is 5.16 Å². The van der Waals surface area contributed by atoms with E-state index < -0.39 is 0 Å². The van der Waals surface area contributed by atoms with Crippen LogP contribution in [0.5, 0.6) is 0 Å². The van der Waals surface area contributed by atoms with Gasteiger partial charge in [0.25, 0.3) is 0 Å². The van der Waals surface area contributed by atoms with E-state index in [0.29, 0.717) is 16.7 Å². The molecule has 1 aromatic carbocycles. The number of rotatable bonds is 3. The predicted octanol–water partition coefficient (Wildman–Crippen LogP) is 3.35. The molecule has 0 amide bonds. The van der Waals surface area contributed by atoms with Gasteiger partial charge in [-0.05, 0) is 30.7 Å². The molecule has 0 saturated carbocycles. The van der Waals surface area contributed by atoms with Gasteiger partial charge in [-0.2, -0.15) is 0 Å². The molecular weight excluding hydrogens is 287 g/mol. The van der Waals surface area contributed by atoms with Crippen LogP contribution >= 0.6 is 11.8 Å². The molecule has 0 aliphatic carbocycles. The lowest BCUT2D eigenvalue weighted by Crippen LogP contribution is -1.97. The molecule has 0 bridgehead atoms. The van der Waals surface area contributed by atoms with Crippen LogP contribution in [0.1, 0.15) is 11.3 Å². The first kappa shape index (κ1) is 13.8. The van der Waals surface area contributed by atoms with Crippen molar-refractivity contribution in [2.24, 2.45) is 0 Å². The Labute approximate surface area is 125 Å². The van der Waals surface area contributed by atoms with E-state index >= 15 is 0 Å². The number of anilines is 1. The molecule has 0 atom stereocenters. The Morgan fingerprint density at radius 3 is 2.90 bits per heavy atom. The van der Waals surface area contributed by atoms with Crippen LogP contribution in [0.3, 0.4) is 0 Å². The molecule has 0 unspecified atom stereocenters. The highest BCUT2D eigenvalue weighted by Gasteiger charge is 2.08. The number of benzene rings is 1. The van der Waals surface area contributed by atoms with Crippen LogP contribution in [0.2, 0.25) is 0 Å². The van der Waals surface area contributed by atoms with E-state index in [9.17, 15) is 4.39 Å². The number of hydrogen-bond donors (Lipinski definition) is 1. The van der Waals surface area contributed by atoms with Crippen molar-refractivity contribution in [2.75, 3.05) is 5.73 Å². The number of pyridine rings is 1. The summed E-state index contributed by atoms with van der Waals surface area (Å²) in [5, 5.41) is 1.37. The molecule has 0 aliphatic rings. The number of aromatic nitrogens is 3. The largest absolute Gasteiger partial charge is 0.384 e. The van der Waals surface area contributed by atoms with E-state index in [0.717, 1.165) is 22.2 Å². The molecule has 2 heterocycles. The zero-order valence-corrected chi connectivity index (χ0v) is 12.2. The number of aryl methyl sites for hydroxylation is 1. The van der Waals surface area contributed by atoms with Crippen molar-refractivity contribution in [2.45, 2.75) is 17.8 Å². The molecule has 106 valence electrons. The van der Waals surface area contributed by atoms with E-state index in [4.69, 9.17) is 5.73 Å². The lowest BCUT2D eigenvalue weighted by Gasteiger charge is -2.06. The topological polar surface area (TPSA) is 64.7 Å². The molecule has 2 N–H and O–H groups in total. The lowest BCUT2D eigenvalue weighted by atomic mass is 10.1. The van der Waals surface area contributed by atoms with Crippen molar-refractivity contribution >= 4 is 28.5 Å². The molecule has 3 rings (SSSR count). The summed E-state index contributed by atoms with van der Waals surface area (Å²) in [4.78, 5) is 12.8.